The van der Waals surface area contributed by atoms with Crippen LogP contribution in [-0.4, -0.2) is 9.97 Å². The largest absolute Gasteiger partial charge is 0.323 e. The minimum absolute atomic E-state index is 0.0975. The molecule has 0 saturated carbocycles. The number of nitrogens with one attached hydrogen (secondary N) is 2. The first kappa shape index (κ1) is 15.3. The molecule has 0 radical (unpaired) electrons. The molecule has 7 heteroatoms. The highest BCUT2D eigenvalue weighted by Crippen LogP contribution is 2.40. The number of H-pyrrole nitrogens is 2. The molecular formula is C14H8Br3ClN2O. The number of benzene rings is 2. The molecule has 1 unspecified atom stereocenters. The van der Waals surface area contributed by atoms with Crippen LogP contribution in [0.15, 0.2) is 44.1 Å². The SMILES string of the molecule is O=c1[nH]c2cc(Br)c(C(Br)c3cc(Br)ccc3Cl)cc2[nH]1. The zero-order valence-electron chi connectivity index (χ0n) is 10.4. The zero-order chi connectivity index (χ0) is 15.1. The van der Waals surface area contributed by atoms with Crippen molar-refractivity contribution < 1.29 is 0 Å². The molecule has 3 aromatic rings. The standard InChI is InChI=1S/C14H8Br3ClN2O/c15-6-1-2-10(18)8(3-6)13(17)7-4-11-12(5-9(7)16)20-14(21)19-11/h1-5,13H,(H2,19,20,21). The Kier molecular flexibility index (Phi) is 4.32. The first-order chi connectivity index (χ1) is 9.95. The third-order valence-corrected chi connectivity index (χ3v) is 5.65. The van der Waals surface area contributed by atoms with Crippen LogP contribution < -0.4 is 5.69 Å². The Labute approximate surface area is 150 Å². The summed E-state index contributed by atoms with van der Waals surface area (Å²) < 4.78 is 1.85. The van der Waals surface area contributed by atoms with Gasteiger partial charge in [-0.15, -0.1) is 0 Å². The number of hydrogen-bond acceptors (Lipinski definition) is 1. The zero-order valence-corrected chi connectivity index (χ0v) is 15.9. The van der Waals surface area contributed by atoms with E-state index in [1.165, 1.54) is 0 Å². The van der Waals surface area contributed by atoms with Crippen LogP contribution in [0.4, 0.5) is 0 Å². The van der Waals surface area contributed by atoms with Gasteiger partial charge in [0.1, 0.15) is 0 Å². The van der Waals surface area contributed by atoms with E-state index in [1.54, 1.807) is 0 Å². The highest BCUT2D eigenvalue weighted by molar-refractivity contribution is 9.11. The lowest BCUT2D eigenvalue weighted by molar-refractivity contribution is 1.16. The molecule has 0 fully saturated rings. The molecule has 2 aromatic carbocycles. The van der Waals surface area contributed by atoms with E-state index in [9.17, 15) is 4.79 Å². The molecule has 108 valence electrons. The number of aromatic nitrogens is 2. The van der Waals surface area contributed by atoms with Crippen molar-refractivity contribution in [3.05, 3.63) is 65.9 Å². The maximum Gasteiger partial charge on any atom is 0.323 e. The van der Waals surface area contributed by atoms with Crippen LogP contribution >= 0.6 is 59.4 Å². The van der Waals surface area contributed by atoms with Crippen molar-refractivity contribution in [3.8, 4) is 0 Å². The summed E-state index contributed by atoms with van der Waals surface area (Å²) in [6.07, 6.45) is 0. The molecule has 0 aliphatic heterocycles. The van der Waals surface area contributed by atoms with Crippen LogP contribution in [0.2, 0.25) is 5.02 Å². The van der Waals surface area contributed by atoms with Crippen molar-refractivity contribution in [2.75, 3.05) is 0 Å². The number of imidazole rings is 1. The average molecular weight is 495 g/mol. The van der Waals surface area contributed by atoms with Gasteiger partial charge in [0.25, 0.3) is 0 Å². The van der Waals surface area contributed by atoms with Crippen LogP contribution in [0.5, 0.6) is 0 Å². The molecule has 0 aliphatic rings. The fourth-order valence-corrected chi connectivity index (χ4v) is 4.52. The van der Waals surface area contributed by atoms with Gasteiger partial charge in [0.05, 0.1) is 15.9 Å². The van der Waals surface area contributed by atoms with Crippen molar-refractivity contribution in [2.24, 2.45) is 0 Å². The topological polar surface area (TPSA) is 48.6 Å². The predicted octanol–water partition coefficient (Wildman–Crippen LogP) is 5.52. The van der Waals surface area contributed by atoms with Crippen molar-refractivity contribution in [1.82, 2.24) is 9.97 Å². The minimum atomic E-state index is -0.222. The highest BCUT2D eigenvalue weighted by atomic mass is 79.9. The van der Waals surface area contributed by atoms with Crippen molar-refractivity contribution in [2.45, 2.75) is 4.83 Å². The quantitative estimate of drug-likeness (QED) is 0.452. The van der Waals surface area contributed by atoms with Gasteiger partial charge in [0.15, 0.2) is 0 Å². The summed E-state index contributed by atoms with van der Waals surface area (Å²) in [6, 6.07) is 9.52. The Morgan fingerprint density at radius 1 is 1.00 bits per heavy atom. The van der Waals surface area contributed by atoms with E-state index in [0.29, 0.717) is 5.02 Å². The second-order valence-corrected chi connectivity index (χ2v) is 7.62. The Hall–Kier alpha value is -0.560. The highest BCUT2D eigenvalue weighted by Gasteiger charge is 2.18. The fraction of sp³-hybridized carbons (Fsp3) is 0.0714. The molecule has 0 bridgehead atoms. The lowest BCUT2D eigenvalue weighted by atomic mass is 10.0. The second-order valence-electron chi connectivity index (χ2n) is 4.53. The first-order valence-corrected chi connectivity index (χ1v) is 8.84. The number of fused-ring (bicyclic) bond motifs is 1. The fourth-order valence-electron chi connectivity index (χ4n) is 2.14. The van der Waals surface area contributed by atoms with Crippen LogP contribution in [0.25, 0.3) is 11.0 Å². The number of alkyl halides is 1. The van der Waals surface area contributed by atoms with Crippen molar-refractivity contribution in [3.63, 3.8) is 0 Å². The summed E-state index contributed by atoms with van der Waals surface area (Å²) in [5.41, 5.74) is 3.23. The van der Waals surface area contributed by atoms with E-state index in [2.05, 4.69) is 57.8 Å². The number of hydrogen-bond donors (Lipinski definition) is 2. The lowest BCUT2D eigenvalue weighted by Gasteiger charge is -2.15. The van der Waals surface area contributed by atoms with E-state index in [-0.39, 0.29) is 10.5 Å². The second kappa shape index (κ2) is 5.91. The molecule has 0 saturated heterocycles. The Morgan fingerprint density at radius 3 is 2.38 bits per heavy atom. The van der Waals surface area contributed by atoms with Gasteiger partial charge < -0.3 is 9.97 Å². The molecule has 3 rings (SSSR count). The predicted molar refractivity (Wildman–Crippen MR) is 96.5 cm³/mol. The van der Waals surface area contributed by atoms with Gasteiger partial charge >= 0.3 is 5.69 Å². The van der Waals surface area contributed by atoms with Gasteiger partial charge in [-0.25, -0.2) is 4.79 Å². The molecule has 3 nitrogen and oxygen atoms in total. The molecule has 2 N–H and O–H groups in total. The smallest absolute Gasteiger partial charge is 0.306 e. The first-order valence-electron chi connectivity index (χ1n) is 5.96. The van der Waals surface area contributed by atoms with E-state index < -0.39 is 0 Å². The van der Waals surface area contributed by atoms with Crippen LogP contribution in [0.1, 0.15) is 16.0 Å². The third kappa shape index (κ3) is 2.99. The van der Waals surface area contributed by atoms with Gasteiger partial charge in [-0.05, 0) is 41.5 Å². The molecule has 0 spiro atoms. The van der Waals surface area contributed by atoms with E-state index >= 15 is 0 Å². The van der Waals surface area contributed by atoms with Crippen LogP contribution in [0, 0.1) is 0 Å². The Morgan fingerprint density at radius 2 is 1.67 bits per heavy atom. The molecular weight excluding hydrogens is 487 g/mol. The van der Waals surface area contributed by atoms with Gasteiger partial charge in [-0.3, -0.25) is 0 Å². The minimum Gasteiger partial charge on any atom is -0.306 e. The molecule has 0 aliphatic carbocycles. The molecule has 1 aromatic heterocycles. The van der Waals surface area contributed by atoms with Gasteiger partial charge in [-0.2, -0.15) is 0 Å². The summed E-state index contributed by atoms with van der Waals surface area (Å²) in [6.45, 7) is 0. The molecule has 1 atom stereocenters. The third-order valence-electron chi connectivity index (χ3n) is 3.14. The van der Waals surface area contributed by atoms with E-state index in [4.69, 9.17) is 11.6 Å². The van der Waals surface area contributed by atoms with Gasteiger partial charge in [0.2, 0.25) is 0 Å². The number of aromatic amines is 2. The van der Waals surface area contributed by atoms with E-state index in [0.717, 1.165) is 31.1 Å². The van der Waals surface area contributed by atoms with Gasteiger partial charge in [-0.1, -0.05) is 59.4 Å². The van der Waals surface area contributed by atoms with Crippen molar-refractivity contribution in [1.29, 1.82) is 0 Å². The lowest BCUT2D eigenvalue weighted by Crippen LogP contribution is -1.99. The Bertz CT molecular complexity index is 888. The van der Waals surface area contributed by atoms with E-state index in [1.807, 2.05) is 30.3 Å². The van der Waals surface area contributed by atoms with Gasteiger partial charge in [0, 0.05) is 14.0 Å². The number of rotatable bonds is 2. The molecule has 1 heterocycles. The maximum absolute atomic E-state index is 11.4. The molecule has 21 heavy (non-hydrogen) atoms. The maximum atomic E-state index is 11.4. The summed E-state index contributed by atoms with van der Waals surface area (Å²) in [5.74, 6) is 0. The summed E-state index contributed by atoms with van der Waals surface area (Å²) in [7, 11) is 0. The summed E-state index contributed by atoms with van der Waals surface area (Å²) in [5, 5.41) is 0.676. The average Bonchev–Trinajstić information content (AvgIpc) is 2.79. The molecule has 0 amide bonds. The van der Waals surface area contributed by atoms with Crippen LogP contribution in [-0.2, 0) is 0 Å². The monoisotopic (exact) mass is 492 g/mol. The van der Waals surface area contributed by atoms with Crippen LogP contribution in [0.3, 0.4) is 0 Å². The van der Waals surface area contributed by atoms with Crippen molar-refractivity contribution >= 4 is 70.4 Å². The normalized spacial score (nSPS) is 12.8. The number of halogens is 4. The summed E-state index contributed by atoms with van der Waals surface area (Å²) in [4.78, 5) is 16.8. The Balaban J connectivity index is 2.16. The summed E-state index contributed by atoms with van der Waals surface area (Å²) >= 11 is 17.0.